The van der Waals surface area contributed by atoms with Gasteiger partial charge in [-0.2, -0.15) is 0 Å². The highest BCUT2D eigenvalue weighted by Gasteiger charge is 2.42. The number of carbonyl (C=O) groups is 5. The van der Waals surface area contributed by atoms with E-state index in [1.165, 1.54) is 41.9 Å². The summed E-state index contributed by atoms with van der Waals surface area (Å²) in [6, 6.07) is 6.69. The fourth-order valence-electron chi connectivity index (χ4n) is 7.65. The third-order valence-electron chi connectivity index (χ3n) is 11.2. The molecule has 18 heteroatoms. The number of carbonyl (C=O) groups excluding carboxylic acids is 5. The third-order valence-corrected chi connectivity index (χ3v) is 14.2. The van der Waals surface area contributed by atoms with Crippen LogP contribution >= 0.6 is 21.6 Å². The number of hydrogen-bond acceptors (Lipinski definition) is 12. The Kier molecular flexibility index (Phi) is 21.7. The van der Waals surface area contributed by atoms with E-state index in [2.05, 4.69) is 10.6 Å². The first-order valence-corrected chi connectivity index (χ1v) is 22.8. The van der Waals surface area contributed by atoms with Crippen LogP contribution < -0.4 is 16.4 Å². The van der Waals surface area contributed by atoms with E-state index in [1.807, 2.05) is 45.9 Å². The number of aliphatic hydroxyl groups excluding tert-OH is 1. The maximum atomic E-state index is 14.1. The van der Waals surface area contributed by atoms with Crippen molar-refractivity contribution in [1.82, 2.24) is 25.3 Å². The summed E-state index contributed by atoms with van der Waals surface area (Å²) in [6.45, 7) is 14.9. The van der Waals surface area contributed by atoms with Crippen LogP contribution in [-0.2, 0) is 33.4 Å². The zero-order valence-electron chi connectivity index (χ0n) is 37.6. The van der Waals surface area contributed by atoms with Crippen molar-refractivity contribution in [2.75, 3.05) is 48.0 Å². The van der Waals surface area contributed by atoms with Gasteiger partial charge >= 0.3 is 6.09 Å². The van der Waals surface area contributed by atoms with Gasteiger partial charge in [-0.15, -0.1) is 0 Å². The monoisotopic (exact) mass is 881 g/mol. The molecule has 0 bridgehead atoms. The van der Waals surface area contributed by atoms with Crippen LogP contribution in [0.25, 0.3) is 0 Å². The van der Waals surface area contributed by atoms with Gasteiger partial charge in [0.25, 0.3) is 0 Å². The summed E-state index contributed by atoms with van der Waals surface area (Å²) in [5.41, 5.74) is 6.13. The van der Waals surface area contributed by atoms with Crippen molar-refractivity contribution in [3.8, 4) is 0 Å². The van der Waals surface area contributed by atoms with Gasteiger partial charge in [-0.3, -0.25) is 29.5 Å². The Hall–Kier alpha value is -3.58. The highest BCUT2D eigenvalue weighted by Crippen LogP contribution is 2.35. The van der Waals surface area contributed by atoms with Gasteiger partial charge in [0, 0.05) is 34.9 Å². The Morgan fingerprint density at radius 2 is 1.65 bits per heavy atom. The molecule has 0 radical (unpaired) electrons. The van der Waals surface area contributed by atoms with Gasteiger partial charge in [-0.25, -0.2) is 4.79 Å². The number of ether oxygens (including phenoxy) is 3. The van der Waals surface area contributed by atoms with Crippen molar-refractivity contribution in [3.05, 3.63) is 35.9 Å². The Bertz CT molecular complexity index is 1570. The average Bonchev–Trinajstić information content (AvgIpc) is 3.70. The number of nitrogens with two attached hydrogens (primary N) is 1. The van der Waals surface area contributed by atoms with Gasteiger partial charge < -0.3 is 45.5 Å². The van der Waals surface area contributed by atoms with Gasteiger partial charge in [0.1, 0.15) is 12.6 Å². The van der Waals surface area contributed by atoms with E-state index in [9.17, 15) is 29.1 Å². The number of benzene rings is 1. The molecular weight excluding hydrogens is 811 g/mol. The summed E-state index contributed by atoms with van der Waals surface area (Å²) in [6.07, 6.45) is -0.918. The number of methoxy groups -OCH3 is 2. The van der Waals surface area contributed by atoms with Crippen molar-refractivity contribution in [1.29, 1.82) is 5.41 Å². The van der Waals surface area contributed by atoms with Crippen molar-refractivity contribution < 1.29 is 43.3 Å². The first-order valence-electron chi connectivity index (χ1n) is 20.6. The molecule has 1 aliphatic heterocycles. The number of aliphatic hydroxyl groups is 1. The quantitative estimate of drug-likeness (QED) is 0.0587. The first kappa shape index (κ1) is 52.6. The van der Waals surface area contributed by atoms with E-state index >= 15 is 0 Å². The molecule has 60 heavy (non-hydrogen) atoms. The molecule has 6 N–H and O–H groups in total. The first-order chi connectivity index (χ1) is 28.1. The molecular formula is C42H71N7O9S2. The second-order valence-electron chi connectivity index (χ2n) is 16.7. The van der Waals surface area contributed by atoms with Crippen LogP contribution in [-0.4, -0.2) is 144 Å². The van der Waals surface area contributed by atoms with Crippen LogP contribution in [0.15, 0.2) is 30.3 Å². The van der Waals surface area contributed by atoms with Crippen LogP contribution in [0.2, 0.25) is 0 Å². The molecule has 9 unspecified atom stereocenters. The fraction of sp³-hybridized carbons (Fsp3) is 0.714. The minimum Gasteiger partial charge on any atom is -0.448 e. The molecule has 1 aromatic carbocycles. The number of nitrogens with one attached hydrogen (secondary N) is 3. The van der Waals surface area contributed by atoms with E-state index in [0.29, 0.717) is 24.9 Å². The lowest BCUT2D eigenvalue weighted by Crippen LogP contribution is -2.56. The van der Waals surface area contributed by atoms with Crippen LogP contribution in [0.1, 0.15) is 92.7 Å². The molecule has 1 aliphatic rings. The topological polar surface area (TPSA) is 217 Å². The number of hydrogen-bond donors (Lipinski definition) is 5. The van der Waals surface area contributed by atoms with Gasteiger partial charge in [0.2, 0.25) is 23.6 Å². The molecule has 1 saturated heterocycles. The molecule has 0 aliphatic carbocycles. The largest absolute Gasteiger partial charge is 0.448 e. The molecule has 340 valence electrons. The van der Waals surface area contributed by atoms with Gasteiger partial charge in [-0.1, -0.05) is 82.2 Å². The Morgan fingerprint density at radius 3 is 2.20 bits per heavy atom. The predicted molar refractivity (Wildman–Crippen MR) is 237 cm³/mol. The minimum absolute atomic E-state index is 0.0132. The number of amidine groups is 1. The number of nitrogens with zero attached hydrogens (tertiary/aromatic N) is 3. The maximum Gasteiger partial charge on any atom is 0.410 e. The Morgan fingerprint density at radius 1 is 1.02 bits per heavy atom. The predicted octanol–water partition coefficient (Wildman–Crippen LogP) is 4.41. The molecule has 1 aromatic rings. The van der Waals surface area contributed by atoms with Crippen LogP contribution in [0, 0.1) is 23.2 Å². The van der Waals surface area contributed by atoms with Crippen LogP contribution in [0.4, 0.5) is 4.79 Å². The van der Waals surface area contributed by atoms with Crippen molar-refractivity contribution in [3.63, 3.8) is 0 Å². The summed E-state index contributed by atoms with van der Waals surface area (Å²) in [5, 5.41) is 23.8. The van der Waals surface area contributed by atoms with E-state index in [0.717, 1.165) is 17.2 Å². The van der Waals surface area contributed by atoms with Crippen molar-refractivity contribution in [2.24, 2.45) is 23.5 Å². The molecule has 9 atom stereocenters. The molecule has 5 amide bonds. The number of amides is 5. The molecule has 0 aromatic heterocycles. The number of rotatable bonds is 23. The second kappa shape index (κ2) is 24.8. The Labute approximate surface area is 365 Å². The smallest absolute Gasteiger partial charge is 0.410 e. The second-order valence-corrected chi connectivity index (χ2v) is 19.5. The molecule has 16 nitrogen and oxygen atoms in total. The highest BCUT2D eigenvalue weighted by atomic mass is 33.1. The molecule has 2 rings (SSSR count). The summed E-state index contributed by atoms with van der Waals surface area (Å²) in [4.78, 5) is 72.4. The van der Waals surface area contributed by atoms with E-state index in [1.54, 1.807) is 51.8 Å². The van der Waals surface area contributed by atoms with Crippen molar-refractivity contribution >= 4 is 56.5 Å². The number of likely N-dealkylation sites (tertiary alicyclic amines) is 1. The zero-order chi connectivity index (χ0) is 45.5. The summed E-state index contributed by atoms with van der Waals surface area (Å²) < 4.78 is 16.8. The molecule has 0 saturated carbocycles. The lowest BCUT2D eigenvalue weighted by atomic mass is 9.90. The Balaban J connectivity index is 2.13. The van der Waals surface area contributed by atoms with Gasteiger partial charge in [0.05, 0.1) is 60.1 Å². The SMILES string of the molecule is CCC(C)C(C(CC(=O)N1CCCC1C(OC)C(C)C(=O)NC(C)C(O)c1ccccc1)OC)N(C)C(=O)CNC(=O)C(C(C)C)N(C)C(=O)OCC(C)(C)SSC(=N)N. The summed E-state index contributed by atoms with van der Waals surface area (Å²) in [5.74, 6) is -2.46. The maximum absolute atomic E-state index is 14.1. The summed E-state index contributed by atoms with van der Waals surface area (Å²) >= 11 is 0. The summed E-state index contributed by atoms with van der Waals surface area (Å²) in [7, 11) is 8.50. The highest BCUT2D eigenvalue weighted by molar-refractivity contribution is 8.82. The molecule has 1 fully saturated rings. The normalized spacial score (nSPS) is 18.3. The fourth-order valence-corrected chi connectivity index (χ4v) is 9.16. The van der Waals surface area contributed by atoms with E-state index in [-0.39, 0.29) is 54.4 Å². The van der Waals surface area contributed by atoms with Crippen molar-refractivity contribution in [2.45, 2.75) is 128 Å². The standard InChI is InChI=1S/C42H71N7O9S2/c1-13-26(4)35(47(9)33(51)23-45-39(54)34(25(2)3)48(10)41(55)58-24-42(7,8)60-59-40(43)44)31(56-11)22-32(50)49-21-17-20-30(49)37(57-12)27(5)38(53)46-28(6)36(52)29-18-15-14-16-19-29/h14-16,18-19,25-28,30-31,34-37,52H,13,17,20-24H2,1-12H3,(H3,43,44)(H,45,54)(H,46,53). The molecule has 1 heterocycles. The van der Waals surface area contributed by atoms with Gasteiger partial charge in [0.15, 0.2) is 5.17 Å². The number of likely N-dealkylation sites (N-methyl/N-ethyl adjacent to an activating group) is 2. The molecule has 0 spiro atoms. The van der Waals surface area contributed by atoms with Crippen LogP contribution in [0.5, 0.6) is 0 Å². The van der Waals surface area contributed by atoms with E-state index < -0.39 is 65.0 Å². The van der Waals surface area contributed by atoms with Gasteiger partial charge in [-0.05, 0) is 61.8 Å². The van der Waals surface area contributed by atoms with E-state index in [4.69, 9.17) is 25.4 Å². The third kappa shape index (κ3) is 15.1. The zero-order valence-corrected chi connectivity index (χ0v) is 39.2. The minimum atomic E-state index is -0.935. The van der Waals surface area contributed by atoms with Crippen LogP contribution in [0.3, 0.4) is 0 Å². The lowest BCUT2D eigenvalue weighted by molar-refractivity contribution is -0.146. The lowest BCUT2D eigenvalue weighted by Gasteiger charge is -2.39. The average molecular weight is 882 g/mol.